The molecule has 0 spiro atoms. The largest absolute Gasteiger partial charge is 0.350 e. The van der Waals surface area contributed by atoms with Gasteiger partial charge in [-0.05, 0) is 57.4 Å². The minimum Gasteiger partial charge on any atom is -0.350 e. The maximum atomic E-state index is 13.0. The van der Waals surface area contributed by atoms with Crippen LogP contribution in [0.5, 0.6) is 0 Å². The van der Waals surface area contributed by atoms with Crippen LogP contribution in [-0.2, 0) is 22.4 Å². The quantitative estimate of drug-likeness (QED) is 0.755. The Morgan fingerprint density at radius 2 is 1.61 bits per heavy atom. The molecule has 0 saturated heterocycles. The highest BCUT2D eigenvalue weighted by Gasteiger charge is 2.28. The van der Waals surface area contributed by atoms with E-state index < -0.39 is 6.04 Å². The van der Waals surface area contributed by atoms with E-state index in [1.165, 1.54) is 0 Å². The van der Waals surface area contributed by atoms with Crippen LogP contribution in [0.15, 0.2) is 54.6 Å². The van der Waals surface area contributed by atoms with Crippen molar-refractivity contribution >= 4 is 23.4 Å². The van der Waals surface area contributed by atoms with Crippen molar-refractivity contribution in [3.05, 3.63) is 70.7 Å². The molecule has 0 fully saturated rings. The molecule has 4 nitrogen and oxygen atoms in total. The van der Waals surface area contributed by atoms with Crippen LogP contribution >= 0.6 is 11.6 Å². The molecule has 28 heavy (non-hydrogen) atoms. The molecule has 0 bridgehead atoms. The summed E-state index contributed by atoms with van der Waals surface area (Å²) in [6.45, 7) is 8.06. The predicted octanol–water partition coefficient (Wildman–Crippen LogP) is 4.26. The number of carbonyl (C=O) groups excluding carboxylic acids is 2. The van der Waals surface area contributed by atoms with Gasteiger partial charge in [0.2, 0.25) is 11.8 Å². The fourth-order valence-electron chi connectivity index (χ4n) is 2.92. The van der Waals surface area contributed by atoms with Gasteiger partial charge in [-0.2, -0.15) is 0 Å². The molecule has 1 N–H and O–H groups in total. The maximum absolute atomic E-state index is 13.0. The Bertz CT molecular complexity index is 782. The molecule has 2 aromatic carbocycles. The van der Waals surface area contributed by atoms with Gasteiger partial charge >= 0.3 is 0 Å². The van der Waals surface area contributed by atoms with E-state index in [0.29, 0.717) is 18.0 Å². The van der Waals surface area contributed by atoms with E-state index in [1.807, 2.05) is 63.2 Å². The van der Waals surface area contributed by atoms with Gasteiger partial charge in [0.25, 0.3) is 0 Å². The van der Waals surface area contributed by atoms with Gasteiger partial charge in [0, 0.05) is 17.1 Å². The smallest absolute Gasteiger partial charge is 0.242 e. The van der Waals surface area contributed by atoms with E-state index in [4.69, 9.17) is 11.6 Å². The molecule has 2 aromatic rings. The van der Waals surface area contributed by atoms with E-state index in [9.17, 15) is 9.59 Å². The Morgan fingerprint density at radius 3 is 2.18 bits per heavy atom. The van der Waals surface area contributed by atoms with Crippen LogP contribution in [0.4, 0.5) is 0 Å². The molecular weight excluding hydrogens is 372 g/mol. The summed E-state index contributed by atoms with van der Waals surface area (Å²) in [7, 11) is 0. The number of halogens is 1. The summed E-state index contributed by atoms with van der Waals surface area (Å²) in [5, 5.41) is 3.61. The number of benzene rings is 2. The number of nitrogens with zero attached hydrogens (tertiary/aromatic N) is 1. The van der Waals surface area contributed by atoms with Gasteiger partial charge in [-0.25, -0.2) is 0 Å². The van der Waals surface area contributed by atoms with E-state index in [1.54, 1.807) is 24.0 Å². The molecule has 5 heteroatoms. The summed E-state index contributed by atoms with van der Waals surface area (Å²) in [6.07, 6.45) is 0.930. The zero-order chi connectivity index (χ0) is 20.7. The Morgan fingerprint density at radius 1 is 1.00 bits per heavy atom. The summed E-state index contributed by atoms with van der Waals surface area (Å²) in [6, 6.07) is 16.7. The lowest BCUT2D eigenvalue weighted by Gasteiger charge is -2.31. The molecule has 2 rings (SSSR count). The summed E-state index contributed by atoms with van der Waals surface area (Å²) in [5.74, 6) is -0.222. The van der Waals surface area contributed by atoms with E-state index in [-0.39, 0.29) is 23.8 Å². The molecule has 0 aliphatic carbocycles. The van der Waals surface area contributed by atoms with Crippen LogP contribution in [0.25, 0.3) is 0 Å². The highest BCUT2D eigenvalue weighted by Crippen LogP contribution is 2.13. The van der Waals surface area contributed by atoms with Gasteiger partial charge in [0.05, 0.1) is 6.42 Å². The monoisotopic (exact) mass is 400 g/mol. The Labute approximate surface area is 172 Å². The minimum absolute atomic E-state index is 0.0742. The zero-order valence-electron chi connectivity index (χ0n) is 17.0. The number of amides is 2. The highest BCUT2D eigenvalue weighted by molar-refractivity contribution is 6.30. The fraction of sp³-hybridized carbons (Fsp3) is 0.391. The van der Waals surface area contributed by atoms with Crippen LogP contribution < -0.4 is 5.32 Å². The van der Waals surface area contributed by atoms with Crippen LogP contribution in [0.1, 0.15) is 38.8 Å². The molecule has 0 saturated carbocycles. The number of carbonyl (C=O) groups is 2. The van der Waals surface area contributed by atoms with Crippen LogP contribution in [-0.4, -0.2) is 34.8 Å². The average Bonchev–Trinajstić information content (AvgIpc) is 2.63. The van der Waals surface area contributed by atoms with Crippen molar-refractivity contribution in [2.24, 2.45) is 0 Å². The lowest BCUT2D eigenvalue weighted by Crippen LogP contribution is -2.53. The van der Waals surface area contributed by atoms with Gasteiger partial charge in [-0.1, -0.05) is 54.1 Å². The lowest BCUT2D eigenvalue weighted by molar-refractivity contribution is -0.140. The molecule has 0 radical (unpaired) electrons. The molecule has 2 amide bonds. The predicted molar refractivity (Wildman–Crippen MR) is 114 cm³/mol. The maximum Gasteiger partial charge on any atom is 0.242 e. The third-order valence-corrected chi connectivity index (χ3v) is 4.67. The summed E-state index contributed by atoms with van der Waals surface area (Å²) < 4.78 is 0. The third kappa shape index (κ3) is 7.01. The second kappa shape index (κ2) is 9.74. The lowest BCUT2D eigenvalue weighted by atomic mass is 10.1. The number of nitrogens with one attached hydrogen (secondary N) is 1. The van der Waals surface area contributed by atoms with Crippen LogP contribution in [0.3, 0.4) is 0 Å². The standard InChI is InChI=1S/C23H29ClN2O2/c1-17(22(28)25-23(2,3)4)26(15-14-18-8-6-5-7-9-18)21(27)16-19-10-12-20(24)13-11-19/h5-13,17H,14-16H2,1-4H3,(H,25,28). The molecule has 0 aromatic heterocycles. The van der Waals surface area contributed by atoms with Crippen molar-refractivity contribution in [3.63, 3.8) is 0 Å². The van der Waals surface area contributed by atoms with Crippen molar-refractivity contribution in [2.45, 2.75) is 52.1 Å². The van der Waals surface area contributed by atoms with Gasteiger partial charge < -0.3 is 10.2 Å². The Hall–Kier alpha value is -2.33. The third-order valence-electron chi connectivity index (χ3n) is 4.42. The molecule has 1 unspecified atom stereocenters. The van der Waals surface area contributed by atoms with Gasteiger partial charge in [-0.15, -0.1) is 0 Å². The average molecular weight is 401 g/mol. The number of hydrogen-bond acceptors (Lipinski definition) is 2. The number of rotatable bonds is 7. The normalized spacial score (nSPS) is 12.3. The summed E-state index contributed by atoms with van der Waals surface area (Å²) in [5.41, 5.74) is 1.66. The molecule has 150 valence electrons. The first-order chi connectivity index (χ1) is 13.2. The van der Waals surface area contributed by atoms with Crippen molar-refractivity contribution < 1.29 is 9.59 Å². The topological polar surface area (TPSA) is 49.4 Å². The first kappa shape index (κ1) is 22.0. The minimum atomic E-state index is -0.553. The SMILES string of the molecule is CC(C(=O)NC(C)(C)C)N(CCc1ccccc1)C(=O)Cc1ccc(Cl)cc1. The summed E-state index contributed by atoms with van der Waals surface area (Å²) >= 11 is 5.93. The number of hydrogen-bond donors (Lipinski definition) is 1. The Kier molecular flexibility index (Phi) is 7.64. The fourth-order valence-corrected chi connectivity index (χ4v) is 3.05. The van der Waals surface area contributed by atoms with Crippen LogP contribution in [0, 0.1) is 0 Å². The molecule has 0 aliphatic rings. The van der Waals surface area contributed by atoms with Crippen molar-refractivity contribution in [3.8, 4) is 0 Å². The van der Waals surface area contributed by atoms with Gasteiger partial charge in [0.1, 0.15) is 6.04 Å². The first-order valence-electron chi connectivity index (χ1n) is 9.55. The highest BCUT2D eigenvalue weighted by atomic mass is 35.5. The second-order valence-electron chi connectivity index (χ2n) is 8.04. The summed E-state index contributed by atoms with van der Waals surface area (Å²) in [4.78, 5) is 27.4. The molecule has 1 atom stereocenters. The van der Waals surface area contributed by atoms with E-state index in [2.05, 4.69) is 5.32 Å². The van der Waals surface area contributed by atoms with E-state index in [0.717, 1.165) is 11.1 Å². The second-order valence-corrected chi connectivity index (χ2v) is 8.48. The molecule has 0 aliphatic heterocycles. The van der Waals surface area contributed by atoms with Crippen molar-refractivity contribution in [2.75, 3.05) is 6.54 Å². The molecule has 0 heterocycles. The van der Waals surface area contributed by atoms with Crippen molar-refractivity contribution in [1.29, 1.82) is 0 Å². The van der Waals surface area contributed by atoms with Gasteiger partial charge in [0.15, 0.2) is 0 Å². The first-order valence-corrected chi connectivity index (χ1v) is 9.93. The van der Waals surface area contributed by atoms with E-state index >= 15 is 0 Å². The van der Waals surface area contributed by atoms with Crippen molar-refractivity contribution in [1.82, 2.24) is 10.2 Å². The Balaban J connectivity index is 2.14. The zero-order valence-corrected chi connectivity index (χ0v) is 17.8. The molecular formula is C23H29ClN2O2. The van der Waals surface area contributed by atoms with Crippen LogP contribution in [0.2, 0.25) is 5.02 Å². The van der Waals surface area contributed by atoms with Gasteiger partial charge in [-0.3, -0.25) is 9.59 Å².